The number of halogens is 1. The second kappa shape index (κ2) is 7.19. The molecule has 1 saturated heterocycles. The van der Waals surface area contributed by atoms with Gasteiger partial charge in [0, 0.05) is 26.3 Å². The number of hydrogen-bond donors (Lipinski definition) is 0. The van der Waals surface area contributed by atoms with Crippen molar-refractivity contribution in [3.63, 3.8) is 0 Å². The molecule has 122 valence electrons. The summed E-state index contributed by atoms with van der Waals surface area (Å²) >= 11 is 0. The number of sulfone groups is 1. The summed E-state index contributed by atoms with van der Waals surface area (Å²) in [4.78, 5) is 14.1. The van der Waals surface area contributed by atoms with Gasteiger partial charge in [0.1, 0.15) is 5.82 Å². The Morgan fingerprint density at radius 2 is 2.14 bits per heavy atom. The van der Waals surface area contributed by atoms with Gasteiger partial charge in [-0.05, 0) is 25.0 Å². The molecule has 1 heterocycles. The molecule has 1 unspecified atom stereocenters. The van der Waals surface area contributed by atoms with Gasteiger partial charge >= 0.3 is 0 Å². The highest BCUT2D eigenvalue weighted by Crippen LogP contribution is 2.21. The number of nitrogens with zero attached hydrogens (tertiary/aromatic N) is 1. The summed E-state index contributed by atoms with van der Waals surface area (Å²) in [7, 11) is -1.56. The molecule has 1 amide bonds. The Morgan fingerprint density at radius 1 is 1.41 bits per heavy atom. The number of ether oxygens (including phenoxy) is 1. The van der Waals surface area contributed by atoms with E-state index in [1.165, 1.54) is 23.1 Å². The quantitative estimate of drug-likeness (QED) is 0.742. The van der Waals surface area contributed by atoms with Crippen LogP contribution >= 0.6 is 0 Å². The number of carbonyl (C=O) groups is 1. The van der Waals surface area contributed by atoms with Gasteiger partial charge in [-0.1, -0.05) is 12.1 Å². The van der Waals surface area contributed by atoms with Crippen LogP contribution in [0.2, 0.25) is 0 Å². The van der Waals surface area contributed by atoms with E-state index in [1.54, 1.807) is 13.2 Å². The predicted molar refractivity (Wildman–Crippen MR) is 81.0 cm³/mol. The van der Waals surface area contributed by atoms with Crippen molar-refractivity contribution >= 4 is 15.7 Å². The molecule has 5 nitrogen and oxygen atoms in total. The molecule has 0 bridgehead atoms. The Kier molecular flexibility index (Phi) is 5.52. The summed E-state index contributed by atoms with van der Waals surface area (Å²) in [6.07, 6.45) is 0.975. The molecule has 0 spiro atoms. The molecule has 7 heteroatoms. The summed E-state index contributed by atoms with van der Waals surface area (Å²) in [5, 5.41) is 0. The van der Waals surface area contributed by atoms with Gasteiger partial charge in [0.15, 0.2) is 9.84 Å². The van der Waals surface area contributed by atoms with Crippen LogP contribution in [0.3, 0.4) is 0 Å². The van der Waals surface area contributed by atoms with Crippen LogP contribution in [0.15, 0.2) is 24.3 Å². The smallest absolute Gasteiger partial charge is 0.257 e. The van der Waals surface area contributed by atoms with Gasteiger partial charge in [0.2, 0.25) is 0 Å². The lowest BCUT2D eigenvalue weighted by molar-refractivity contribution is 0.0669. The Bertz CT molecular complexity index is 632. The number of amides is 1. The van der Waals surface area contributed by atoms with Crippen LogP contribution in [0.25, 0.3) is 0 Å². The fraction of sp³-hybridized carbons (Fsp3) is 0.533. The lowest BCUT2D eigenvalue weighted by atomic mass is 10.1. The van der Waals surface area contributed by atoms with Crippen LogP contribution in [-0.4, -0.2) is 57.0 Å². The van der Waals surface area contributed by atoms with Gasteiger partial charge in [-0.3, -0.25) is 4.79 Å². The van der Waals surface area contributed by atoms with Crippen molar-refractivity contribution in [2.24, 2.45) is 0 Å². The standard InChI is InChI=1S/C15H20FNO4S/c1-21-9-4-8-17(12-7-10-22(19,20)11-12)15(18)13-5-2-3-6-14(13)16/h2-3,5-6,12H,4,7-11H2,1H3. The second-order valence-electron chi connectivity index (χ2n) is 5.38. The monoisotopic (exact) mass is 329 g/mol. The Hall–Kier alpha value is -1.47. The molecule has 0 radical (unpaired) electrons. The SMILES string of the molecule is COCCCN(C(=O)c1ccccc1F)C1CCS(=O)(=O)C1. The van der Waals surface area contributed by atoms with E-state index in [0.29, 0.717) is 26.0 Å². The lowest BCUT2D eigenvalue weighted by Crippen LogP contribution is -2.42. The fourth-order valence-corrected chi connectivity index (χ4v) is 4.37. The predicted octanol–water partition coefficient (Wildman–Crippen LogP) is 1.49. The van der Waals surface area contributed by atoms with Crippen molar-refractivity contribution in [3.05, 3.63) is 35.6 Å². The minimum Gasteiger partial charge on any atom is -0.385 e. The maximum Gasteiger partial charge on any atom is 0.257 e. The maximum absolute atomic E-state index is 13.8. The third-order valence-electron chi connectivity index (χ3n) is 3.76. The zero-order valence-electron chi connectivity index (χ0n) is 12.5. The molecule has 1 atom stereocenters. The van der Waals surface area contributed by atoms with Gasteiger partial charge in [-0.2, -0.15) is 0 Å². The van der Waals surface area contributed by atoms with E-state index >= 15 is 0 Å². The lowest BCUT2D eigenvalue weighted by Gasteiger charge is -2.28. The Morgan fingerprint density at radius 3 is 2.73 bits per heavy atom. The number of hydrogen-bond acceptors (Lipinski definition) is 4. The topological polar surface area (TPSA) is 63.7 Å². The number of methoxy groups -OCH3 is 1. The summed E-state index contributed by atoms with van der Waals surface area (Å²) in [5.41, 5.74) is -0.0239. The van der Waals surface area contributed by atoms with Gasteiger partial charge in [-0.25, -0.2) is 12.8 Å². The van der Waals surface area contributed by atoms with E-state index in [4.69, 9.17) is 4.74 Å². The molecule has 0 aromatic heterocycles. The summed E-state index contributed by atoms with van der Waals surface area (Å²) in [6.45, 7) is 0.807. The van der Waals surface area contributed by atoms with Gasteiger partial charge in [0.05, 0.1) is 17.1 Å². The first kappa shape index (κ1) is 16.9. The van der Waals surface area contributed by atoms with Crippen LogP contribution < -0.4 is 0 Å². The molecular weight excluding hydrogens is 309 g/mol. The van der Waals surface area contributed by atoms with Crippen LogP contribution in [0, 0.1) is 5.82 Å². The van der Waals surface area contributed by atoms with Crippen molar-refractivity contribution in [1.82, 2.24) is 4.90 Å². The second-order valence-corrected chi connectivity index (χ2v) is 7.61. The van der Waals surface area contributed by atoms with Crippen molar-refractivity contribution in [1.29, 1.82) is 0 Å². The largest absolute Gasteiger partial charge is 0.385 e. The zero-order valence-corrected chi connectivity index (χ0v) is 13.3. The minimum absolute atomic E-state index is 0.0239. The third-order valence-corrected chi connectivity index (χ3v) is 5.51. The van der Waals surface area contributed by atoms with E-state index in [0.717, 1.165) is 0 Å². The normalized spacial score (nSPS) is 20.0. The highest BCUT2D eigenvalue weighted by molar-refractivity contribution is 7.91. The third kappa shape index (κ3) is 4.04. The van der Waals surface area contributed by atoms with Gasteiger partial charge in [0.25, 0.3) is 5.91 Å². The average molecular weight is 329 g/mol. The van der Waals surface area contributed by atoms with E-state index in [2.05, 4.69) is 0 Å². The highest BCUT2D eigenvalue weighted by Gasteiger charge is 2.35. The van der Waals surface area contributed by atoms with E-state index < -0.39 is 27.6 Å². The molecule has 1 aromatic carbocycles. The van der Waals surface area contributed by atoms with E-state index in [-0.39, 0.29) is 17.1 Å². The summed E-state index contributed by atoms with van der Waals surface area (Å²) in [5.74, 6) is -1.04. The number of rotatable bonds is 6. The van der Waals surface area contributed by atoms with Crippen LogP contribution in [0.5, 0.6) is 0 Å². The molecule has 0 aliphatic carbocycles. The number of carbonyl (C=O) groups excluding carboxylic acids is 1. The van der Waals surface area contributed by atoms with Crippen molar-refractivity contribution in [3.8, 4) is 0 Å². The van der Waals surface area contributed by atoms with Crippen molar-refractivity contribution in [2.45, 2.75) is 18.9 Å². The van der Waals surface area contributed by atoms with Gasteiger partial charge < -0.3 is 9.64 Å². The molecule has 1 aromatic rings. The highest BCUT2D eigenvalue weighted by atomic mass is 32.2. The van der Waals surface area contributed by atoms with Crippen LogP contribution in [0.4, 0.5) is 4.39 Å². The van der Waals surface area contributed by atoms with Gasteiger partial charge in [-0.15, -0.1) is 0 Å². The molecule has 2 rings (SSSR count). The summed E-state index contributed by atoms with van der Waals surface area (Å²) < 4.78 is 42.1. The molecule has 1 fully saturated rings. The molecule has 1 aliphatic rings. The van der Waals surface area contributed by atoms with E-state index in [9.17, 15) is 17.6 Å². The molecular formula is C15H20FNO4S. The Labute approximate surface area is 130 Å². The Balaban J connectivity index is 2.20. The van der Waals surface area contributed by atoms with E-state index in [1.807, 2.05) is 0 Å². The molecule has 0 N–H and O–H groups in total. The zero-order chi connectivity index (χ0) is 16.2. The molecule has 1 aliphatic heterocycles. The van der Waals surface area contributed by atoms with Crippen LogP contribution in [0.1, 0.15) is 23.2 Å². The average Bonchev–Trinajstić information content (AvgIpc) is 2.83. The minimum atomic E-state index is -3.12. The van der Waals surface area contributed by atoms with Crippen LogP contribution in [-0.2, 0) is 14.6 Å². The van der Waals surface area contributed by atoms with Crippen molar-refractivity contribution in [2.75, 3.05) is 31.8 Å². The maximum atomic E-state index is 13.8. The first-order valence-electron chi connectivity index (χ1n) is 7.19. The van der Waals surface area contributed by atoms with Crippen molar-refractivity contribution < 1.29 is 22.3 Å². The fourth-order valence-electron chi connectivity index (χ4n) is 2.64. The first-order valence-corrected chi connectivity index (χ1v) is 9.01. The molecule has 0 saturated carbocycles. The summed E-state index contributed by atoms with van der Waals surface area (Å²) in [6, 6.07) is 5.36. The molecule has 22 heavy (non-hydrogen) atoms. The number of benzene rings is 1. The first-order chi connectivity index (χ1) is 10.4.